The molecule has 0 unspecified atom stereocenters. The SMILES string of the molecule is COc1cncc(CNC(=O)c2cc([N+](=O)[O-])c(Sc3c(Cl)cncc3Cl)s2)c1. The molecule has 8 nitrogen and oxygen atoms in total. The van der Waals surface area contributed by atoms with Gasteiger partial charge in [-0.15, -0.1) is 11.3 Å². The van der Waals surface area contributed by atoms with Crippen LogP contribution in [0.15, 0.2) is 46.0 Å². The zero-order valence-electron chi connectivity index (χ0n) is 14.7. The van der Waals surface area contributed by atoms with E-state index >= 15 is 0 Å². The minimum atomic E-state index is -0.551. The summed E-state index contributed by atoms with van der Waals surface area (Å²) in [5, 5.41) is 14.7. The third-order valence-corrected chi connectivity index (χ3v) is 6.82. The Morgan fingerprint density at radius 3 is 2.59 bits per heavy atom. The van der Waals surface area contributed by atoms with Crippen LogP contribution in [0, 0.1) is 10.1 Å². The summed E-state index contributed by atoms with van der Waals surface area (Å²) < 4.78 is 5.38. The predicted octanol–water partition coefficient (Wildman–Crippen LogP) is 4.84. The van der Waals surface area contributed by atoms with Gasteiger partial charge in [-0.2, -0.15) is 0 Å². The highest BCUT2D eigenvalue weighted by molar-refractivity contribution is 8.01. The highest BCUT2D eigenvalue weighted by Crippen LogP contribution is 2.45. The van der Waals surface area contributed by atoms with Crippen LogP contribution in [0.5, 0.6) is 5.75 Å². The molecule has 0 aliphatic rings. The molecule has 0 fully saturated rings. The van der Waals surface area contributed by atoms with Gasteiger partial charge in [-0.05, 0) is 11.6 Å². The molecule has 1 N–H and O–H groups in total. The van der Waals surface area contributed by atoms with Gasteiger partial charge in [-0.3, -0.25) is 24.9 Å². The molecular formula is C17H12Cl2N4O4S2. The molecule has 0 saturated carbocycles. The van der Waals surface area contributed by atoms with Crippen molar-refractivity contribution in [2.24, 2.45) is 0 Å². The Labute approximate surface area is 183 Å². The molecule has 0 spiro atoms. The van der Waals surface area contributed by atoms with E-state index in [-0.39, 0.29) is 31.4 Å². The van der Waals surface area contributed by atoms with Crippen molar-refractivity contribution in [1.82, 2.24) is 15.3 Å². The van der Waals surface area contributed by atoms with E-state index in [0.717, 1.165) is 28.7 Å². The Hall–Kier alpha value is -2.40. The quantitative estimate of drug-likeness (QED) is 0.388. The third kappa shape index (κ3) is 5.15. The van der Waals surface area contributed by atoms with E-state index < -0.39 is 10.8 Å². The number of nitrogens with zero attached hydrogens (tertiary/aromatic N) is 3. The molecule has 0 saturated heterocycles. The Kier molecular flexibility index (Phi) is 6.91. The number of ether oxygens (including phenoxy) is 1. The average Bonchev–Trinajstić information content (AvgIpc) is 3.13. The average molecular weight is 471 g/mol. The molecule has 1 amide bonds. The second-order valence-corrected chi connectivity index (χ2v) is 8.64. The van der Waals surface area contributed by atoms with Gasteiger partial charge in [0.2, 0.25) is 0 Å². The van der Waals surface area contributed by atoms with E-state index in [1.807, 2.05) is 0 Å². The van der Waals surface area contributed by atoms with Crippen molar-refractivity contribution >= 4 is 57.9 Å². The highest BCUT2D eigenvalue weighted by atomic mass is 35.5. The molecule has 0 atom stereocenters. The lowest BCUT2D eigenvalue weighted by molar-refractivity contribution is -0.387. The first-order valence-electron chi connectivity index (χ1n) is 7.90. The molecule has 0 bridgehead atoms. The highest BCUT2D eigenvalue weighted by Gasteiger charge is 2.24. The van der Waals surface area contributed by atoms with Crippen LogP contribution in [0.2, 0.25) is 10.0 Å². The molecule has 3 aromatic rings. The summed E-state index contributed by atoms with van der Waals surface area (Å²) in [5.41, 5.74) is 0.533. The van der Waals surface area contributed by atoms with E-state index in [1.54, 1.807) is 18.5 Å². The number of carbonyl (C=O) groups excluding carboxylic acids is 1. The van der Waals surface area contributed by atoms with Crippen molar-refractivity contribution in [3.63, 3.8) is 0 Å². The van der Waals surface area contributed by atoms with Gasteiger partial charge in [0.1, 0.15) is 14.8 Å². The fourth-order valence-corrected chi connectivity index (χ4v) is 4.99. The van der Waals surface area contributed by atoms with Crippen molar-refractivity contribution < 1.29 is 14.5 Å². The lowest BCUT2D eigenvalue weighted by Crippen LogP contribution is -2.21. The first-order valence-corrected chi connectivity index (χ1v) is 10.3. The number of methoxy groups -OCH3 is 1. The standard InChI is InChI=1S/C17H12Cl2N4O4S2/c1-27-10-2-9(4-20-6-10)5-22-16(24)14-3-13(23(25)26)17(28-14)29-15-11(18)7-21-8-12(15)19/h2-4,6-8H,5H2,1H3,(H,22,24). The normalized spacial score (nSPS) is 10.6. The number of carbonyl (C=O) groups is 1. The maximum Gasteiger partial charge on any atom is 0.294 e. The monoisotopic (exact) mass is 470 g/mol. The van der Waals surface area contributed by atoms with Gasteiger partial charge in [-0.25, -0.2) is 0 Å². The second-order valence-electron chi connectivity index (χ2n) is 5.49. The van der Waals surface area contributed by atoms with Gasteiger partial charge in [0.25, 0.3) is 11.6 Å². The van der Waals surface area contributed by atoms with Gasteiger partial charge in [0, 0.05) is 31.2 Å². The summed E-state index contributed by atoms with van der Waals surface area (Å²) in [6, 6.07) is 2.97. The number of hydrogen-bond donors (Lipinski definition) is 1. The topological polar surface area (TPSA) is 107 Å². The zero-order valence-corrected chi connectivity index (χ0v) is 17.9. The number of halogens is 2. The third-order valence-electron chi connectivity index (χ3n) is 3.56. The van der Waals surface area contributed by atoms with Crippen LogP contribution in [-0.4, -0.2) is 27.9 Å². The number of pyridine rings is 2. The summed E-state index contributed by atoms with van der Waals surface area (Å²) in [4.78, 5) is 31.9. The molecule has 0 aromatic carbocycles. The maximum atomic E-state index is 12.5. The molecule has 3 aromatic heterocycles. The molecule has 12 heteroatoms. The van der Waals surface area contributed by atoms with Crippen molar-refractivity contribution in [3.05, 3.63) is 67.5 Å². The van der Waals surface area contributed by atoms with Gasteiger partial charge < -0.3 is 10.1 Å². The van der Waals surface area contributed by atoms with E-state index in [0.29, 0.717) is 10.6 Å². The summed E-state index contributed by atoms with van der Waals surface area (Å²) in [5.74, 6) is 0.119. The Bertz CT molecular complexity index is 1060. The van der Waals surface area contributed by atoms with Crippen LogP contribution in [0.4, 0.5) is 5.69 Å². The predicted molar refractivity (Wildman–Crippen MR) is 111 cm³/mol. The van der Waals surface area contributed by atoms with Crippen LogP contribution >= 0.6 is 46.3 Å². The zero-order chi connectivity index (χ0) is 21.0. The molecule has 3 heterocycles. The largest absolute Gasteiger partial charge is 0.495 e. The number of aromatic nitrogens is 2. The summed E-state index contributed by atoms with van der Waals surface area (Å²) in [7, 11) is 1.52. The van der Waals surface area contributed by atoms with Crippen molar-refractivity contribution in [3.8, 4) is 5.75 Å². The van der Waals surface area contributed by atoms with Crippen LogP contribution in [0.25, 0.3) is 0 Å². The van der Waals surface area contributed by atoms with E-state index in [2.05, 4.69) is 15.3 Å². The Balaban J connectivity index is 1.80. The van der Waals surface area contributed by atoms with E-state index in [1.165, 1.54) is 25.6 Å². The van der Waals surface area contributed by atoms with Gasteiger partial charge in [-0.1, -0.05) is 35.0 Å². The molecule has 0 radical (unpaired) electrons. The van der Waals surface area contributed by atoms with Crippen LogP contribution < -0.4 is 10.1 Å². The summed E-state index contributed by atoms with van der Waals surface area (Å²) in [6.45, 7) is 0.194. The minimum Gasteiger partial charge on any atom is -0.495 e. The summed E-state index contributed by atoms with van der Waals surface area (Å²) in [6.07, 6.45) is 5.93. The van der Waals surface area contributed by atoms with Crippen LogP contribution in [0.1, 0.15) is 15.2 Å². The number of amides is 1. The first-order chi connectivity index (χ1) is 13.9. The molecule has 0 aliphatic carbocycles. The second kappa shape index (κ2) is 9.40. The van der Waals surface area contributed by atoms with Crippen LogP contribution in [0.3, 0.4) is 0 Å². The number of nitrogens with one attached hydrogen (secondary N) is 1. The van der Waals surface area contributed by atoms with E-state index in [9.17, 15) is 14.9 Å². The lowest BCUT2D eigenvalue weighted by Gasteiger charge is -2.05. The number of thiophene rings is 1. The Morgan fingerprint density at radius 2 is 1.93 bits per heavy atom. The smallest absolute Gasteiger partial charge is 0.294 e. The van der Waals surface area contributed by atoms with Crippen molar-refractivity contribution in [2.75, 3.05) is 7.11 Å². The van der Waals surface area contributed by atoms with Crippen molar-refractivity contribution in [1.29, 1.82) is 0 Å². The maximum absolute atomic E-state index is 12.5. The lowest BCUT2D eigenvalue weighted by atomic mass is 10.2. The molecule has 3 rings (SSSR count). The summed E-state index contributed by atoms with van der Waals surface area (Å²) >= 11 is 14.2. The first kappa shape index (κ1) is 21.3. The molecular weight excluding hydrogens is 459 g/mol. The molecule has 150 valence electrons. The van der Waals surface area contributed by atoms with Crippen molar-refractivity contribution in [2.45, 2.75) is 15.6 Å². The Morgan fingerprint density at radius 1 is 1.24 bits per heavy atom. The molecule has 29 heavy (non-hydrogen) atoms. The van der Waals surface area contributed by atoms with Gasteiger partial charge >= 0.3 is 0 Å². The number of nitro groups is 1. The minimum absolute atomic E-state index is 0.191. The fraction of sp³-hybridized carbons (Fsp3) is 0.118. The molecule has 0 aliphatic heterocycles. The van der Waals surface area contributed by atoms with E-state index in [4.69, 9.17) is 27.9 Å². The number of hydrogen-bond acceptors (Lipinski definition) is 8. The fourth-order valence-electron chi connectivity index (χ4n) is 2.21. The number of rotatable bonds is 7. The van der Waals surface area contributed by atoms with Crippen LogP contribution in [-0.2, 0) is 6.54 Å². The van der Waals surface area contributed by atoms with Gasteiger partial charge in [0.05, 0.1) is 33.2 Å². The van der Waals surface area contributed by atoms with Gasteiger partial charge in [0.15, 0.2) is 0 Å².